The van der Waals surface area contributed by atoms with Gasteiger partial charge in [-0.2, -0.15) is 0 Å². The minimum Gasteiger partial charge on any atom is -0.316 e. The van der Waals surface area contributed by atoms with E-state index in [2.05, 4.69) is 53.2 Å². The molecule has 2 unspecified atom stereocenters. The first-order valence-corrected chi connectivity index (χ1v) is 9.40. The normalized spacial score (nSPS) is 25.2. The molecule has 1 N–H and O–H groups in total. The highest BCUT2D eigenvalue weighted by atomic mass is 32.2. The smallest absolute Gasteiger partial charge is 0.0263 e. The number of nitrogens with zero attached hydrogens (tertiary/aromatic N) is 1. The Morgan fingerprint density at radius 3 is 2.95 bits per heavy atom. The molecule has 1 saturated heterocycles. The first kappa shape index (κ1) is 15.4. The van der Waals surface area contributed by atoms with Gasteiger partial charge in [0.25, 0.3) is 0 Å². The van der Waals surface area contributed by atoms with E-state index < -0.39 is 0 Å². The van der Waals surface area contributed by atoms with Gasteiger partial charge in [-0.05, 0) is 62.9 Å². The maximum atomic E-state index is 3.56. The second-order valence-corrected chi connectivity index (χ2v) is 7.87. The molecule has 0 spiro atoms. The lowest BCUT2D eigenvalue weighted by Gasteiger charge is -2.31. The van der Waals surface area contributed by atoms with Crippen LogP contribution in [0.2, 0.25) is 0 Å². The van der Waals surface area contributed by atoms with Crippen LogP contribution in [0.3, 0.4) is 0 Å². The van der Waals surface area contributed by atoms with Gasteiger partial charge in [-0.1, -0.05) is 25.1 Å². The number of nitrogens with one attached hydrogen (secondary N) is 1. The van der Waals surface area contributed by atoms with Gasteiger partial charge in [-0.15, -0.1) is 11.8 Å². The second-order valence-electron chi connectivity index (χ2n) is 6.52. The summed E-state index contributed by atoms with van der Waals surface area (Å²) in [6.07, 6.45) is 5.29. The quantitative estimate of drug-likeness (QED) is 0.867. The number of rotatable bonds is 6. The summed E-state index contributed by atoms with van der Waals surface area (Å²) in [4.78, 5) is 4.24. The molecule has 2 atom stereocenters. The van der Waals surface area contributed by atoms with Crippen molar-refractivity contribution in [2.45, 2.75) is 42.8 Å². The van der Waals surface area contributed by atoms with Gasteiger partial charge >= 0.3 is 0 Å². The lowest BCUT2D eigenvalue weighted by Crippen LogP contribution is -2.41. The molecule has 3 rings (SSSR count). The summed E-state index contributed by atoms with van der Waals surface area (Å²) < 4.78 is 0. The maximum Gasteiger partial charge on any atom is 0.0263 e. The number of fused-ring (bicyclic) bond motifs is 1. The average Bonchev–Trinajstić information content (AvgIpc) is 2.90. The molecule has 2 nitrogen and oxygen atoms in total. The molecule has 1 fully saturated rings. The third-order valence-electron chi connectivity index (χ3n) is 4.63. The van der Waals surface area contributed by atoms with Crippen molar-refractivity contribution in [1.82, 2.24) is 10.2 Å². The molecule has 1 aromatic rings. The fraction of sp³-hybridized carbons (Fsp3) is 0.667. The zero-order valence-electron chi connectivity index (χ0n) is 13.2. The molecule has 2 aliphatic heterocycles. The Balaban J connectivity index is 1.53. The Hall–Kier alpha value is -0.510. The SMILES string of the molecule is CCCN(CC1CCCNC1)CC1Cc2ccccc2S1. The van der Waals surface area contributed by atoms with E-state index in [1.165, 1.54) is 63.3 Å². The molecule has 2 heterocycles. The topological polar surface area (TPSA) is 15.3 Å². The minimum atomic E-state index is 0.755. The third-order valence-corrected chi connectivity index (χ3v) is 5.93. The van der Waals surface area contributed by atoms with Crippen LogP contribution in [-0.2, 0) is 6.42 Å². The maximum absolute atomic E-state index is 3.56. The number of hydrogen-bond acceptors (Lipinski definition) is 3. The standard InChI is InChI=1S/C18H28N2S/c1-2-10-20(13-15-6-5-9-19-12-15)14-17-11-16-7-3-4-8-18(16)21-17/h3-4,7-8,15,17,19H,2,5-6,9-14H2,1H3. The molecule has 1 aromatic carbocycles. The van der Waals surface area contributed by atoms with E-state index in [1.54, 1.807) is 5.56 Å². The van der Waals surface area contributed by atoms with Crippen LogP contribution < -0.4 is 5.32 Å². The fourth-order valence-electron chi connectivity index (χ4n) is 3.66. The van der Waals surface area contributed by atoms with Crippen molar-refractivity contribution >= 4 is 11.8 Å². The van der Waals surface area contributed by atoms with Crippen LogP contribution in [0.4, 0.5) is 0 Å². The highest BCUT2D eigenvalue weighted by molar-refractivity contribution is 8.00. The van der Waals surface area contributed by atoms with Gasteiger partial charge in [0.05, 0.1) is 0 Å². The van der Waals surface area contributed by atoms with Crippen molar-refractivity contribution in [1.29, 1.82) is 0 Å². The van der Waals surface area contributed by atoms with Gasteiger partial charge < -0.3 is 10.2 Å². The molecular weight excluding hydrogens is 276 g/mol. The third kappa shape index (κ3) is 4.24. The summed E-state index contributed by atoms with van der Waals surface area (Å²) in [5, 5.41) is 4.31. The predicted octanol–water partition coefficient (Wildman–Crippen LogP) is 3.42. The summed E-state index contributed by atoms with van der Waals surface area (Å²) in [6, 6.07) is 8.94. The number of hydrogen-bond donors (Lipinski definition) is 1. The minimum absolute atomic E-state index is 0.755. The number of benzene rings is 1. The zero-order chi connectivity index (χ0) is 14.5. The summed E-state index contributed by atoms with van der Waals surface area (Å²) in [7, 11) is 0. The van der Waals surface area contributed by atoms with Crippen LogP contribution in [0.25, 0.3) is 0 Å². The van der Waals surface area contributed by atoms with E-state index in [1.807, 2.05) is 0 Å². The fourth-order valence-corrected chi connectivity index (χ4v) is 5.03. The lowest BCUT2D eigenvalue weighted by atomic mass is 9.98. The first-order valence-electron chi connectivity index (χ1n) is 8.52. The van der Waals surface area contributed by atoms with Crippen molar-refractivity contribution in [3.63, 3.8) is 0 Å². The van der Waals surface area contributed by atoms with Gasteiger partial charge in [0.2, 0.25) is 0 Å². The zero-order valence-corrected chi connectivity index (χ0v) is 14.0. The number of thioether (sulfide) groups is 1. The molecule has 0 aliphatic carbocycles. The van der Waals surface area contributed by atoms with Gasteiger partial charge in [-0.3, -0.25) is 0 Å². The molecule has 0 aromatic heterocycles. The van der Waals surface area contributed by atoms with Crippen molar-refractivity contribution in [3.05, 3.63) is 29.8 Å². The van der Waals surface area contributed by atoms with Crippen molar-refractivity contribution in [2.24, 2.45) is 5.92 Å². The molecular formula is C18H28N2S. The van der Waals surface area contributed by atoms with Crippen LogP contribution in [0, 0.1) is 5.92 Å². The molecule has 0 saturated carbocycles. The van der Waals surface area contributed by atoms with Crippen LogP contribution in [0.15, 0.2) is 29.2 Å². The van der Waals surface area contributed by atoms with E-state index in [0.29, 0.717) is 0 Å². The van der Waals surface area contributed by atoms with Crippen molar-refractivity contribution in [3.8, 4) is 0 Å². The molecule has 0 amide bonds. The Morgan fingerprint density at radius 1 is 1.29 bits per heavy atom. The van der Waals surface area contributed by atoms with Crippen molar-refractivity contribution in [2.75, 3.05) is 32.7 Å². The molecule has 0 radical (unpaired) electrons. The number of piperidine rings is 1. The Labute approximate surface area is 133 Å². The van der Waals surface area contributed by atoms with E-state index in [-0.39, 0.29) is 0 Å². The highest BCUT2D eigenvalue weighted by Gasteiger charge is 2.25. The van der Waals surface area contributed by atoms with Crippen LogP contribution in [0.5, 0.6) is 0 Å². The largest absolute Gasteiger partial charge is 0.316 e. The predicted molar refractivity (Wildman–Crippen MR) is 92.1 cm³/mol. The van der Waals surface area contributed by atoms with Gasteiger partial charge in [-0.25, -0.2) is 0 Å². The highest BCUT2D eigenvalue weighted by Crippen LogP contribution is 2.37. The summed E-state index contributed by atoms with van der Waals surface area (Å²) >= 11 is 2.10. The average molecular weight is 305 g/mol. The summed E-state index contributed by atoms with van der Waals surface area (Å²) in [5.74, 6) is 0.860. The van der Waals surface area contributed by atoms with Gasteiger partial charge in [0.1, 0.15) is 0 Å². The molecule has 2 aliphatic rings. The Bertz CT molecular complexity index is 418. The summed E-state index contributed by atoms with van der Waals surface area (Å²) in [6.45, 7) is 8.54. The van der Waals surface area contributed by atoms with Gasteiger partial charge in [0.15, 0.2) is 0 Å². The van der Waals surface area contributed by atoms with E-state index in [4.69, 9.17) is 0 Å². The lowest BCUT2D eigenvalue weighted by molar-refractivity contribution is 0.209. The van der Waals surface area contributed by atoms with Gasteiger partial charge in [0, 0.05) is 23.2 Å². The second kappa shape index (κ2) is 7.66. The monoisotopic (exact) mass is 304 g/mol. The molecule has 21 heavy (non-hydrogen) atoms. The Morgan fingerprint density at radius 2 is 2.19 bits per heavy atom. The van der Waals surface area contributed by atoms with Crippen molar-refractivity contribution < 1.29 is 0 Å². The molecule has 116 valence electrons. The summed E-state index contributed by atoms with van der Waals surface area (Å²) in [5.41, 5.74) is 1.56. The van der Waals surface area contributed by atoms with Crippen LogP contribution in [-0.4, -0.2) is 42.9 Å². The molecule has 0 bridgehead atoms. The van der Waals surface area contributed by atoms with Crippen LogP contribution >= 0.6 is 11.8 Å². The van der Waals surface area contributed by atoms with E-state index in [9.17, 15) is 0 Å². The molecule has 3 heteroatoms. The van der Waals surface area contributed by atoms with E-state index >= 15 is 0 Å². The van der Waals surface area contributed by atoms with E-state index in [0.717, 1.165) is 11.2 Å². The first-order chi connectivity index (χ1) is 10.3. The van der Waals surface area contributed by atoms with Crippen LogP contribution in [0.1, 0.15) is 31.7 Å². The Kier molecular flexibility index (Phi) is 5.61.